The molecule has 0 bridgehead atoms. The minimum absolute atomic E-state index is 0.248. The van der Waals surface area contributed by atoms with Gasteiger partial charge in [-0.15, -0.1) is 0 Å². The van der Waals surface area contributed by atoms with Gasteiger partial charge in [-0.05, 0) is 57.5 Å². The molecule has 1 heterocycles. The molecule has 1 amide bonds. The van der Waals surface area contributed by atoms with Crippen LogP contribution >= 0.6 is 0 Å². The van der Waals surface area contributed by atoms with Gasteiger partial charge in [-0.2, -0.15) is 0 Å². The van der Waals surface area contributed by atoms with Gasteiger partial charge in [0.15, 0.2) is 8.32 Å². The molecule has 1 rings (SSSR count). The summed E-state index contributed by atoms with van der Waals surface area (Å²) in [4.78, 5) is 14.1. The summed E-state index contributed by atoms with van der Waals surface area (Å²) >= 11 is 0. The summed E-state index contributed by atoms with van der Waals surface area (Å²) in [6.07, 6.45) is 2.83. The molecule has 0 radical (unpaired) electrons. The fraction of sp³-hybridized carbons (Fsp3) is 0.684. The molecule has 1 aromatic rings. The maximum atomic E-state index is 10.0. The molecule has 0 fully saturated rings. The van der Waals surface area contributed by atoms with Crippen LogP contribution in [0.3, 0.4) is 0 Å². The van der Waals surface area contributed by atoms with Crippen molar-refractivity contribution in [2.45, 2.75) is 72.2 Å². The summed E-state index contributed by atoms with van der Waals surface area (Å²) in [5.74, 6) is 0.814. The monoisotopic (exact) mass is 384 g/mol. The number of pyridine rings is 1. The van der Waals surface area contributed by atoms with E-state index in [1.807, 2.05) is 19.2 Å². The largest absolute Gasteiger partial charge is 0.490 e. The lowest BCUT2D eigenvalue weighted by atomic mass is 10.2. The first-order valence-corrected chi connectivity index (χ1v) is 11.7. The van der Waals surface area contributed by atoms with E-state index in [0.717, 1.165) is 11.3 Å². The van der Waals surface area contributed by atoms with Crippen LogP contribution in [-0.4, -0.2) is 38.2 Å². The van der Waals surface area contributed by atoms with E-state index in [0.29, 0.717) is 13.2 Å². The average molecular weight is 385 g/mol. The van der Waals surface area contributed by atoms with Crippen molar-refractivity contribution in [3.8, 4) is 5.75 Å². The van der Waals surface area contributed by atoms with Crippen LogP contribution in [0.5, 0.6) is 5.75 Å². The highest BCUT2D eigenvalue weighted by atomic mass is 28.4. The Balaban J connectivity index is 0.000000660. The number of rotatable bonds is 5. The Labute approximate surface area is 159 Å². The van der Waals surface area contributed by atoms with Crippen molar-refractivity contribution in [2.24, 2.45) is 5.73 Å². The minimum Gasteiger partial charge on any atom is -0.490 e. The number of carbonyl (C=O) groups excluding carboxylic acids is 1. The van der Waals surface area contributed by atoms with E-state index in [4.69, 9.17) is 14.9 Å². The molecule has 2 N–H and O–H groups in total. The van der Waals surface area contributed by atoms with Gasteiger partial charge in [0.25, 0.3) is 0 Å². The van der Waals surface area contributed by atoms with E-state index in [1.54, 1.807) is 27.0 Å². The molecule has 0 saturated carbocycles. The highest BCUT2D eigenvalue weighted by Crippen LogP contribution is 2.36. The fourth-order valence-electron chi connectivity index (χ4n) is 1.58. The number of carbonyl (C=O) groups is 1. The van der Waals surface area contributed by atoms with Crippen LogP contribution in [0.1, 0.15) is 47.1 Å². The van der Waals surface area contributed by atoms with Gasteiger partial charge < -0.3 is 19.6 Å². The van der Waals surface area contributed by atoms with Crippen LogP contribution in [0, 0.1) is 6.92 Å². The molecule has 6 nitrogen and oxygen atoms in total. The molecule has 150 valence electrons. The number of aryl methyl sites for hydroxylation is 1. The lowest BCUT2D eigenvalue weighted by Gasteiger charge is -2.36. The SMILES string of the molecule is CC(C)(C)OC(N)=O.Cc1cncc(OCCO[Si](C)(C)C(C)(C)C)c1. The third-order valence-electron chi connectivity index (χ3n) is 3.88. The average Bonchev–Trinajstić information content (AvgIpc) is 2.40. The Morgan fingerprint density at radius 2 is 1.69 bits per heavy atom. The number of amides is 1. The molecular formula is C19H36N2O4Si. The molecule has 0 unspecified atom stereocenters. The van der Waals surface area contributed by atoms with Gasteiger partial charge in [-0.25, -0.2) is 4.79 Å². The maximum absolute atomic E-state index is 10.0. The number of hydrogen-bond donors (Lipinski definition) is 1. The van der Waals surface area contributed by atoms with Crippen LogP contribution in [0.15, 0.2) is 18.5 Å². The van der Waals surface area contributed by atoms with E-state index in [-0.39, 0.29) is 5.04 Å². The van der Waals surface area contributed by atoms with Crippen molar-refractivity contribution in [3.63, 3.8) is 0 Å². The highest BCUT2D eigenvalue weighted by Gasteiger charge is 2.36. The zero-order valence-electron chi connectivity index (χ0n) is 17.8. The highest BCUT2D eigenvalue weighted by molar-refractivity contribution is 6.74. The van der Waals surface area contributed by atoms with Crippen molar-refractivity contribution in [2.75, 3.05) is 13.2 Å². The van der Waals surface area contributed by atoms with E-state index in [9.17, 15) is 4.79 Å². The second-order valence-electron chi connectivity index (χ2n) is 8.69. The van der Waals surface area contributed by atoms with Crippen molar-refractivity contribution in [3.05, 3.63) is 24.0 Å². The Hall–Kier alpha value is -1.60. The summed E-state index contributed by atoms with van der Waals surface area (Å²) in [5.41, 5.74) is 5.37. The van der Waals surface area contributed by atoms with Crippen LogP contribution in [-0.2, 0) is 9.16 Å². The third kappa shape index (κ3) is 11.1. The first-order valence-electron chi connectivity index (χ1n) is 8.81. The van der Waals surface area contributed by atoms with E-state index >= 15 is 0 Å². The lowest BCUT2D eigenvalue weighted by Crippen LogP contribution is -2.41. The van der Waals surface area contributed by atoms with Crippen molar-refractivity contribution in [1.29, 1.82) is 0 Å². The predicted octanol–water partition coefficient (Wildman–Crippen LogP) is 4.67. The van der Waals surface area contributed by atoms with Gasteiger partial charge in [-0.3, -0.25) is 4.98 Å². The van der Waals surface area contributed by atoms with Gasteiger partial charge in [0.2, 0.25) is 0 Å². The zero-order chi connectivity index (χ0) is 20.6. The molecule has 0 atom stereocenters. The predicted molar refractivity (Wildman–Crippen MR) is 108 cm³/mol. The fourth-order valence-corrected chi connectivity index (χ4v) is 2.61. The number of primary amides is 1. The Morgan fingerprint density at radius 3 is 2.08 bits per heavy atom. The van der Waals surface area contributed by atoms with E-state index < -0.39 is 20.0 Å². The number of aromatic nitrogens is 1. The van der Waals surface area contributed by atoms with Crippen molar-refractivity contribution in [1.82, 2.24) is 4.98 Å². The van der Waals surface area contributed by atoms with Gasteiger partial charge >= 0.3 is 6.09 Å². The van der Waals surface area contributed by atoms with Crippen molar-refractivity contribution < 1.29 is 18.7 Å². The van der Waals surface area contributed by atoms with E-state index in [2.05, 4.69) is 43.6 Å². The van der Waals surface area contributed by atoms with E-state index in [1.165, 1.54) is 0 Å². The molecule has 0 aliphatic rings. The van der Waals surface area contributed by atoms with Gasteiger partial charge in [-0.1, -0.05) is 20.8 Å². The van der Waals surface area contributed by atoms with Crippen LogP contribution in [0.2, 0.25) is 18.1 Å². The maximum Gasteiger partial charge on any atom is 0.405 e. The lowest BCUT2D eigenvalue weighted by molar-refractivity contribution is 0.0600. The number of nitrogens with zero attached hydrogens (tertiary/aromatic N) is 1. The van der Waals surface area contributed by atoms with Crippen molar-refractivity contribution >= 4 is 14.4 Å². The molecule has 0 spiro atoms. The number of hydrogen-bond acceptors (Lipinski definition) is 5. The first-order chi connectivity index (χ1) is 11.6. The van der Waals surface area contributed by atoms with Crippen LogP contribution in [0.4, 0.5) is 4.79 Å². The topological polar surface area (TPSA) is 83.7 Å². The summed E-state index contributed by atoms with van der Waals surface area (Å²) in [5, 5.41) is 0.248. The van der Waals surface area contributed by atoms with Crippen LogP contribution < -0.4 is 10.5 Å². The van der Waals surface area contributed by atoms with Gasteiger partial charge in [0, 0.05) is 6.20 Å². The second-order valence-corrected chi connectivity index (χ2v) is 13.5. The first kappa shape index (κ1) is 24.4. The molecule has 26 heavy (non-hydrogen) atoms. The standard InChI is InChI=1S/C14H25NO2Si.C5H11NO2/c1-12-9-13(11-15-10-12)16-7-8-17-18(5,6)14(2,3)4;1-5(2,3)8-4(6)7/h9-11H,7-8H2,1-6H3;1-3H3,(H2,6,7). The zero-order valence-corrected chi connectivity index (χ0v) is 18.8. The Kier molecular flexibility index (Phi) is 9.31. The number of nitrogens with two attached hydrogens (primary N) is 1. The molecule has 1 aromatic heterocycles. The summed E-state index contributed by atoms with van der Waals surface area (Å²) in [7, 11) is -1.65. The summed E-state index contributed by atoms with van der Waals surface area (Å²) in [6, 6.07) is 1.99. The molecule has 7 heteroatoms. The van der Waals surface area contributed by atoms with Gasteiger partial charge in [0.1, 0.15) is 18.0 Å². The quantitative estimate of drug-likeness (QED) is 0.589. The molecule has 0 aliphatic carbocycles. The second kappa shape index (κ2) is 9.92. The summed E-state index contributed by atoms with van der Waals surface area (Å²) in [6.45, 7) is 19.7. The molecule has 0 aliphatic heterocycles. The van der Waals surface area contributed by atoms with Gasteiger partial charge in [0.05, 0.1) is 12.8 Å². The minimum atomic E-state index is -1.65. The molecule has 0 saturated heterocycles. The third-order valence-corrected chi connectivity index (χ3v) is 8.42. The molecule has 0 aromatic carbocycles. The Morgan fingerprint density at radius 1 is 1.12 bits per heavy atom. The number of ether oxygens (including phenoxy) is 2. The normalized spacial score (nSPS) is 12.0. The molecular weight excluding hydrogens is 348 g/mol. The smallest absolute Gasteiger partial charge is 0.405 e. The Bertz CT molecular complexity index is 563. The van der Waals surface area contributed by atoms with Crippen LogP contribution in [0.25, 0.3) is 0 Å². The summed E-state index contributed by atoms with van der Waals surface area (Å²) < 4.78 is 16.2.